The highest BCUT2D eigenvalue weighted by molar-refractivity contribution is 5.76. The molecule has 0 aromatic rings. The zero-order chi connectivity index (χ0) is 10.7. The highest BCUT2D eigenvalue weighted by Gasteiger charge is 2.27. The molecule has 0 spiro atoms. The van der Waals surface area contributed by atoms with Gasteiger partial charge in [0.25, 0.3) is 0 Å². The highest BCUT2D eigenvalue weighted by Crippen LogP contribution is 2.27. The van der Waals surface area contributed by atoms with Crippen LogP contribution in [0, 0.1) is 5.92 Å². The Kier molecular flexibility index (Phi) is 3.62. The van der Waals surface area contributed by atoms with Gasteiger partial charge >= 0.3 is 0 Å². The van der Waals surface area contributed by atoms with Crippen molar-refractivity contribution in [2.24, 2.45) is 11.7 Å². The van der Waals surface area contributed by atoms with E-state index in [0.717, 1.165) is 12.8 Å². The monoisotopic (exact) mass is 210 g/mol. The summed E-state index contributed by atoms with van der Waals surface area (Å²) in [4.78, 5) is 11.7. The maximum atomic E-state index is 11.7. The van der Waals surface area contributed by atoms with Crippen LogP contribution >= 0.6 is 0 Å². The van der Waals surface area contributed by atoms with Crippen LogP contribution in [0.15, 0.2) is 0 Å². The van der Waals surface area contributed by atoms with Gasteiger partial charge in [-0.3, -0.25) is 4.79 Å². The van der Waals surface area contributed by atoms with E-state index in [0.29, 0.717) is 18.4 Å². The minimum atomic E-state index is 0.226. The molecule has 0 aromatic carbocycles. The second kappa shape index (κ2) is 4.97. The van der Waals surface area contributed by atoms with Crippen molar-refractivity contribution < 1.29 is 4.79 Å². The van der Waals surface area contributed by atoms with Gasteiger partial charge in [0.05, 0.1) is 0 Å². The summed E-state index contributed by atoms with van der Waals surface area (Å²) in [5, 5.41) is 3.13. The Labute approximate surface area is 91.8 Å². The fraction of sp³-hybridized carbons (Fsp3) is 0.917. The molecule has 0 saturated heterocycles. The molecule has 3 nitrogen and oxygen atoms in total. The van der Waals surface area contributed by atoms with Crippen LogP contribution in [0.2, 0.25) is 0 Å². The molecule has 0 unspecified atom stereocenters. The van der Waals surface area contributed by atoms with Crippen LogP contribution in [0.1, 0.15) is 51.4 Å². The number of hydrogen-bond acceptors (Lipinski definition) is 2. The van der Waals surface area contributed by atoms with Crippen molar-refractivity contribution >= 4 is 5.91 Å². The van der Waals surface area contributed by atoms with Crippen LogP contribution in [0.3, 0.4) is 0 Å². The molecule has 2 aliphatic carbocycles. The van der Waals surface area contributed by atoms with Crippen molar-refractivity contribution in [2.45, 2.75) is 63.5 Å². The first-order valence-corrected chi connectivity index (χ1v) is 6.30. The normalized spacial score (nSPS) is 32.1. The molecule has 3 heteroatoms. The average molecular weight is 210 g/mol. The molecule has 2 rings (SSSR count). The van der Waals surface area contributed by atoms with Crippen LogP contribution in [0.4, 0.5) is 0 Å². The fourth-order valence-corrected chi connectivity index (χ4v) is 2.91. The third kappa shape index (κ3) is 2.94. The summed E-state index contributed by atoms with van der Waals surface area (Å²) in [6, 6.07) is 0.717. The van der Waals surface area contributed by atoms with E-state index >= 15 is 0 Å². The van der Waals surface area contributed by atoms with Gasteiger partial charge in [-0.2, -0.15) is 0 Å². The number of rotatable bonds is 3. The largest absolute Gasteiger partial charge is 0.353 e. The van der Waals surface area contributed by atoms with Gasteiger partial charge in [-0.25, -0.2) is 0 Å². The summed E-state index contributed by atoms with van der Waals surface area (Å²) >= 11 is 0. The van der Waals surface area contributed by atoms with Gasteiger partial charge in [-0.05, 0) is 31.6 Å². The van der Waals surface area contributed by atoms with E-state index in [4.69, 9.17) is 5.73 Å². The molecular formula is C12H22N2O. The predicted molar refractivity (Wildman–Crippen MR) is 60.3 cm³/mol. The first kappa shape index (κ1) is 10.9. The molecule has 0 aromatic heterocycles. The van der Waals surface area contributed by atoms with Gasteiger partial charge in [-0.1, -0.05) is 19.3 Å². The maximum absolute atomic E-state index is 11.7. The molecule has 86 valence electrons. The van der Waals surface area contributed by atoms with Crippen LogP contribution in [0.25, 0.3) is 0 Å². The van der Waals surface area contributed by atoms with Crippen LogP contribution in [-0.4, -0.2) is 18.0 Å². The lowest BCUT2D eigenvalue weighted by Gasteiger charge is -2.17. The second-order valence-corrected chi connectivity index (χ2v) is 5.11. The molecule has 0 aliphatic heterocycles. The van der Waals surface area contributed by atoms with Crippen molar-refractivity contribution in [2.75, 3.05) is 0 Å². The van der Waals surface area contributed by atoms with E-state index in [9.17, 15) is 4.79 Å². The average Bonchev–Trinajstić information content (AvgIpc) is 2.79. The molecule has 2 saturated carbocycles. The predicted octanol–water partition coefficient (Wildman–Crippen LogP) is 1.56. The standard InChI is InChI=1S/C12H22N2O/c13-11-7-3-4-9(11)8-12(15)14-10-5-1-2-6-10/h9-11H,1-8,13H2,(H,14,15)/t9-,11+/m0/s1. The minimum absolute atomic E-state index is 0.226. The van der Waals surface area contributed by atoms with Crippen molar-refractivity contribution in [1.29, 1.82) is 0 Å². The smallest absolute Gasteiger partial charge is 0.220 e. The van der Waals surface area contributed by atoms with Gasteiger partial charge in [0.15, 0.2) is 0 Å². The summed E-state index contributed by atoms with van der Waals surface area (Å²) in [7, 11) is 0. The first-order chi connectivity index (χ1) is 7.25. The Bertz CT molecular complexity index is 224. The lowest BCUT2D eigenvalue weighted by molar-refractivity contribution is -0.122. The van der Waals surface area contributed by atoms with Crippen molar-refractivity contribution in [1.82, 2.24) is 5.32 Å². The SMILES string of the molecule is N[C@@H]1CCC[C@H]1CC(=O)NC1CCCC1. The summed E-state index contributed by atoms with van der Waals surface area (Å²) in [5.41, 5.74) is 5.96. The molecule has 1 amide bonds. The van der Waals surface area contributed by atoms with E-state index in [1.165, 1.54) is 32.1 Å². The maximum Gasteiger partial charge on any atom is 0.220 e. The van der Waals surface area contributed by atoms with E-state index in [1.54, 1.807) is 0 Å². The molecule has 0 bridgehead atoms. The summed E-state index contributed by atoms with van der Waals surface area (Å²) in [6.07, 6.45) is 8.97. The third-order valence-electron chi connectivity index (χ3n) is 3.89. The van der Waals surface area contributed by atoms with Crippen molar-refractivity contribution in [3.8, 4) is 0 Å². The van der Waals surface area contributed by atoms with Gasteiger partial charge in [0.2, 0.25) is 5.91 Å². The van der Waals surface area contributed by atoms with Gasteiger partial charge in [0, 0.05) is 18.5 Å². The number of amides is 1. The number of nitrogens with two attached hydrogens (primary N) is 1. The number of nitrogens with one attached hydrogen (secondary N) is 1. The summed E-state index contributed by atoms with van der Waals surface area (Å²) in [5.74, 6) is 0.663. The molecule has 2 aliphatic rings. The van der Waals surface area contributed by atoms with E-state index < -0.39 is 0 Å². The van der Waals surface area contributed by atoms with E-state index in [1.807, 2.05) is 0 Å². The third-order valence-corrected chi connectivity index (χ3v) is 3.89. The molecular weight excluding hydrogens is 188 g/mol. The van der Waals surface area contributed by atoms with E-state index in [-0.39, 0.29) is 11.9 Å². The van der Waals surface area contributed by atoms with Crippen molar-refractivity contribution in [3.05, 3.63) is 0 Å². The number of carbonyl (C=O) groups excluding carboxylic acids is 1. The van der Waals surface area contributed by atoms with Crippen molar-refractivity contribution in [3.63, 3.8) is 0 Å². The van der Waals surface area contributed by atoms with Gasteiger partial charge < -0.3 is 11.1 Å². The molecule has 0 heterocycles. The van der Waals surface area contributed by atoms with E-state index in [2.05, 4.69) is 5.32 Å². The lowest BCUT2D eigenvalue weighted by atomic mass is 9.99. The van der Waals surface area contributed by atoms with Gasteiger partial charge in [-0.15, -0.1) is 0 Å². The topological polar surface area (TPSA) is 55.1 Å². The van der Waals surface area contributed by atoms with Gasteiger partial charge in [0.1, 0.15) is 0 Å². The molecule has 2 atom stereocenters. The Hall–Kier alpha value is -0.570. The number of hydrogen-bond donors (Lipinski definition) is 2. The van der Waals surface area contributed by atoms with Crippen LogP contribution in [0.5, 0.6) is 0 Å². The molecule has 15 heavy (non-hydrogen) atoms. The molecule has 3 N–H and O–H groups in total. The second-order valence-electron chi connectivity index (χ2n) is 5.11. The Morgan fingerprint density at radius 2 is 1.87 bits per heavy atom. The van der Waals surface area contributed by atoms with Crippen LogP contribution < -0.4 is 11.1 Å². The Balaban J connectivity index is 1.71. The number of carbonyl (C=O) groups is 1. The lowest BCUT2D eigenvalue weighted by Crippen LogP contribution is -2.36. The first-order valence-electron chi connectivity index (χ1n) is 6.30. The summed E-state index contributed by atoms with van der Waals surface area (Å²) in [6.45, 7) is 0. The quantitative estimate of drug-likeness (QED) is 0.742. The summed E-state index contributed by atoms with van der Waals surface area (Å²) < 4.78 is 0. The minimum Gasteiger partial charge on any atom is -0.353 e. The molecule has 2 fully saturated rings. The zero-order valence-electron chi connectivity index (χ0n) is 9.37. The van der Waals surface area contributed by atoms with Crippen LogP contribution in [-0.2, 0) is 4.79 Å². The fourth-order valence-electron chi connectivity index (χ4n) is 2.91. The highest BCUT2D eigenvalue weighted by atomic mass is 16.1. The zero-order valence-corrected chi connectivity index (χ0v) is 9.37. The Morgan fingerprint density at radius 1 is 1.13 bits per heavy atom. The molecule has 0 radical (unpaired) electrons. The Morgan fingerprint density at radius 3 is 2.47 bits per heavy atom.